The molecule has 3 aromatic rings. The van der Waals surface area contributed by atoms with Gasteiger partial charge in [0.2, 0.25) is 0 Å². The Morgan fingerprint density at radius 1 is 1.09 bits per heavy atom. The first-order valence-corrected chi connectivity index (χ1v) is 11.6. The number of Topliss-reactive ketones (excluding diaryl/α,β-unsaturated/α-hetero) is 1. The van der Waals surface area contributed by atoms with E-state index in [4.69, 9.17) is 9.15 Å². The van der Waals surface area contributed by atoms with Crippen molar-refractivity contribution in [3.05, 3.63) is 100 Å². The number of anilines is 1. The van der Waals surface area contributed by atoms with Gasteiger partial charge in [-0.05, 0) is 50.6 Å². The van der Waals surface area contributed by atoms with Crippen LogP contribution in [0.25, 0.3) is 0 Å². The van der Waals surface area contributed by atoms with Gasteiger partial charge in [-0.25, -0.2) is 4.98 Å². The normalized spacial score (nSPS) is 19.8. The molecule has 2 N–H and O–H groups in total. The predicted molar refractivity (Wildman–Crippen MR) is 132 cm³/mol. The molecule has 0 fully saturated rings. The summed E-state index contributed by atoms with van der Waals surface area (Å²) in [5, 5.41) is 6.30. The first kappa shape index (κ1) is 22.7. The topological polar surface area (TPSA) is 93.5 Å². The lowest BCUT2D eigenvalue weighted by Gasteiger charge is -2.36. The number of para-hydroxylation sites is 1. The Bertz CT molecular complexity index is 1350. The van der Waals surface area contributed by atoms with E-state index < -0.39 is 5.92 Å². The minimum atomic E-state index is -0.572. The molecule has 178 valence electrons. The smallest absolute Gasteiger partial charge is 0.255 e. The zero-order valence-corrected chi connectivity index (χ0v) is 19.9. The number of carbonyl (C=O) groups is 2. The van der Waals surface area contributed by atoms with Crippen molar-refractivity contribution in [2.45, 2.75) is 38.5 Å². The Balaban J connectivity index is 1.60. The average Bonchev–Trinajstić information content (AvgIpc) is 3.38. The van der Waals surface area contributed by atoms with E-state index in [1.54, 1.807) is 19.4 Å². The van der Waals surface area contributed by atoms with Crippen molar-refractivity contribution in [1.29, 1.82) is 0 Å². The van der Waals surface area contributed by atoms with Crippen LogP contribution in [0.3, 0.4) is 0 Å². The summed E-state index contributed by atoms with van der Waals surface area (Å²) in [6.07, 6.45) is 2.56. The van der Waals surface area contributed by atoms with Gasteiger partial charge in [0.1, 0.15) is 17.3 Å². The number of dihydropyridines is 1. The quantitative estimate of drug-likeness (QED) is 0.547. The number of hydrogen-bond donors (Lipinski definition) is 2. The molecule has 7 heteroatoms. The summed E-state index contributed by atoms with van der Waals surface area (Å²) >= 11 is 0. The molecule has 0 unspecified atom stereocenters. The number of methoxy groups -OCH3 is 1. The van der Waals surface area contributed by atoms with Crippen molar-refractivity contribution >= 4 is 17.5 Å². The molecule has 1 aliphatic heterocycles. The highest BCUT2D eigenvalue weighted by Crippen LogP contribution is 2.47. The lowest BCUT2D eigenvalue weighted by molar-refractivity contribution is -0.116. The number of furan rings is 1. The number of benzene rings is 1. The summed E-state index contributed by atoms with van der Waals surface area (Å²) in [6.45, 7) is 3.74. The van der Waals surface area contributed by atoms with E-state index in [0.717, 1.165) is 22.7 Å². The fourth-order valence-electron chi connectivity index (χ4n) is 5.08. The summed E-state index contributed by atoms with van der Waals surface area (Å²) in [6, 6.07) is 16.7. The number of ketones is 1. The van der Waals surface area contributed by atoms with Crippen LogP contribution in [0.15, 0.2) is 87.8 Å². The zero-order chi connectivity index (χ0) is 24.5. The Morgan fingerprint density at radius 2 is 1.91 bits per heavy atom. The van der Waals surface area contributed by atoms with Crippen molar-refractivity contribution in [2.24, 2.45) is 0 Å². The molecule has 0 spiro atoms. The van der Waals surface area contributed by atoms with Crippen molar-refractivity contribution in [3.8, 4) is 5.75 Å². The molecular formula is C28H27N3O4. The molecule has 0 saturated carbocycles. The second-order valence-electron chi connectivity index (χ2n) is 8.89. The number of carbonyl (C=O) groups excluding carboxylic acids is 2. The molecule has 0 saturated heterocycles. The molecule has 7 nitrogen and oxygen atoms in total. The molecule has 2 aliphatic rings. The molecule has 0 radical (unpaired) electrons. The zero-order valence-electron chi connectivity index (χ0n) is 19.9. The first-order valence-electron chi connectivity index (χ1n) is 11.6. The average molecular weight is 470 g/mol. The second-order valence-corrected chi connectivity index (χ2v) is 8.89. The molecule has 1 amide bonds. The van der Waals surface area contributed by atoms with Crippen LogP contribution in [0.5, 0.6) is 5.75 Å². The third-order valence-corrected chi connectivity index (χ3v) is 6.60. The maximum absolute atomic E-state index is 13.7. The fraction of sp³-hybridized carbons (Fsp3) is 0.250. The van der Waals surface area contributed by atoms with Crippen LogP contribution in [-0.4, -0.2) is 23.8 Å². The molecule has 1 aliphatic carbocycles. The third kappa shape index (κ3) is 4.25. The lowest BCUT2D eigenvalue weighted by atomic mass is 9.72. The van der Waals surface area contributed by atoms with E-state index in [1.165, 1.54) is 0 Å². The van der Waals surface area contributed by atoms with Crippen LogP contribution in [-0.2, 0) is 9.59 Å². The standard InChI is InChI=1S/C28H27N3O4/c1-16-8-6-12-24(29-16)31-28(33)25-17(2)30-20-14-18(22-11-7-13-35-22)15-21(32)27(20)26(25)19-9-4-5-10-23(19)34-3/h4-13,18,26,30H,14-15H2,1-3H3,(H,29,31,33)/t18-,26+/m0/s1. The van der Waals surface area contributed by atoms with Crippen LogP contribution in [0.1, 0.15) is 48.6 Å². The SMILES string of the molecule is COc1ccccc1[C@@H]1C(C(=O)Nc2cccc(C)n2)=C(C)NC2=C1C(=O)C[C@@H](c1ccco1)C2. The fourth-order valence-corrected chi connectivity index (χ4v) is 5.08. The molecule has 1 aromatic carbocycles. The van der Waals surface area contributed by atoms with Crippen LogP contribution < -0.4 is 15.4 Å². The third-order valence-electron chi connectivity index (χ3n) is 6.60. The van der Waals surface area contributed by atoms with E-state index in [1.807, 2.05) is 62.4 Å². The Hall–Kier alpha value is -4.13. The van der Waals surface area contributed by atoms with E-state index in [2.05, 4.69) is 15.6 Å². The van der Waals surface area contributed by atoms with Crippen molar-refractivity contribution in [3.63, 3.8) is 0 Å². The van der Waals surface area contributed by atoms with E-state index >= 15 is 0 Å². The molecular weight excluding hydrogens is 442 g/mol. The number of aryl methyl sites for hydroxylation is 1. The monoisotopic (exact) mass is 469 g/mol. The lowest BCUT2D eigenvalue weighted by Crippen LogP contribution is -2.37. The largest absolute Gasteiger partial charge is 0.496 e. The number of amides is 1. The number of ether oxygens (including phenoxy) is 1. The van der Waals surface area contributed by atoms with Gasteiger partial charge < -0.3 is 19.8 Å². The molecule has 35 heavy (non-hydrogen) atoms. The van der Waals surface area contributed by atoms with Gasteiger partial charge in [-0.3, -0.25) is 9.59 Å². The van der Waals surface area contributed by atoms with Gasteiger partial charge in [-0.2, -0.15) is 0 Å². The van der Waals surface area contributed by atoms with Gasteiger partial charge in [0.15, 0.2) is 5.78 Å². The summed E-state index contributed by atoms with van der Waals surface area (Å²) in [7, 11) is 1.60. The van der Waals surface area contributed by atoms with E-state index in [-0.39, 0.29) is 17.6 Å². The van der Waals surface area contributed by atoms with Crippen molar-refractivity contribution in [2.75, 3.05) is 12.4 Å². The van der Waals surface area contributed by atoms with Gasteiger partial charge in [0.05, 0.1) is 19.3 Å². The number of nitrogens with zero attached hydrogens (tertiary/aromatic N) is 1. The Morgan fingerprint density at radius 3 is 2.66 bits per heavy atom. The van der Waals surface area contributed by atoms with Gasteiger partial charge in [-0.1, -0.05) is 24.3 Å². The first-order chi connectivity index (χ1) is 17.0. The van der Waals surface area contributed by atoms with Crippen LogP contribution in [0.2, 0.25) is 0 Å². The Kier molecular flexibility index (Phi) is 5.99. The summed E-state index contributed by atoms with van der Waals surface area (Å²) in [5.41, 5.74) is 4.16. The second kappa shape index (κ2) is 9.25. The number of pyridine rings is 1. The number of aromatic nitrogens is 1. The van der Waals surface area contributed by atoms with Gasteiger partial charge >= 0.3 is 0 Å². The van der Waals surface area contributed by atoms with Crippen molar-refractivity contribution < 1.29 is 18.7 Å². The molecule has 3 heterocycles. The Labute approximate surface area is 203 Å². The van der Waals surface area contributed by atoms with E-state index in [0.29, 0.717) is 41.3 Å². The number of hydrogen-bond acceptors (Lipinski definition) is 6. The number of rotatable bonds is 5. The van der Waals surface area contributed by atoms with Crippen LogP contribution in [0.4, 0.5) is 5.82 Å². The summed E-state index contributed by atoms with van der Waals surface area (Å²) in [5.74, 6) is 0.926. The minimum absolute atomic E-state index is 0.0115. The highest BCUT2D eigenvalue weighted by atomic mass is 16.5. The van der Waals surface area contributed by atoms with Crippen molar-refractivity contribution in [1.82, 2.24) is 10.3 Å². The van der Waals surface area contributed by atoms with Crippen LogP contribution in [0, 0.1) is 6.92 Å². The maximum atomic E-state index is 13.7. The van der Waals surface area contributed by atoms with Gasteiger partial charge in [0.25, 0.3) is 5.91 Å². The van der Waals surface area contributed by atoms with Gasteiger partial charge in [0, 0.05) is 46.1 Å². The van der Waals surface area contributed by atoms with Crippen LogP contribution >= 0.6 is 0 Å². The number of allylic oxidation sites excluding steroid dienone is 3. The molecule has 5 rings (SSSR count). The molecule has 0 bridgehead atoms. The summed E-state index contributed by atoms with van der Waals surface area (Å²) in [4.78, 5) is 31.7. The van der Waals surface area contributed by atoms with Gasteiger partial charge in [-0.15, -0.1) is 0 Å². The maximum Gasteiger partial charge on any atom is 0.255 e. The highest BCUT2D eigenvalue weighted by molar-refractivity contribution is 6.09. The van der Waals surface area contributed by atoms with E-state index in [9.17, 15) is 9.59 Å². The minimum Gasteiger partial charge on any atom is -0.496 e. The molecule has 2 aromatic heterocycles. The predicted octanol–water partition coefficient (Wildman–Crippen LogP) is 4.99. The highest BCUT2D eigenvalue weighted by Gasteiger charge is 2.42. The summed E-state index contributed by atoms with van der Waals surface area (Å²) < 4.78 is 11.3. The molecule has 2 atom stereocenters. The number of nitrogens with one attached hydrogen (secondary N) is 2.